The summed E-state index contributed by atoms with van der Waals surface area (Å²) in [6.07, 6.45) is -0.510. The van der Waals surface area contributed by atoms with Gasteiger partial charge in [-0.3, -0.25) is 0 Å². The van der Waals surface area contributed by atoms with Gasteiger partial charge in [-0.2, -0.15) is 0 Å². The molecular weight excluding hydrogens is 174 g/mol. The van der Waals surface area contributed by atoms with Crippen molar-refractivity contribution in [1.29, 1.82) is 0 Å². The topological polar surface area (TPSA) is 29.3 Å². The van der Waals surface area contributed by atoms with Crippen molar-refractivity contribution in [2.75, 3.05) is 20.1 Å². The highest BCUT2D eigenvalue weighted by molar-refractivity contribution is 4.71. The molecule has 0 aromatic carbocycles. The first-order chi connectivity index (χ1) is 5.81. The highest BCUT2D eigenvalue weighted by Crippen LogP contribution is 2.07. The lowest BCUT2D eigenvalue weighted by Crippen LogP contribution is -2.33. The smallest absolute Gasteiger partial charge is 0.251 e. The molecule has 0 aliphatic rings. The Balaban J connectivity index is 3.42. The summed E-state index contributed by atoms with van der Waals surface area (Å²) in [5, 5.41) is 0. The molecule has 0 aliphatic heterocycles. The Hall–Kier alpha value is -0.220. The van der Waals surface area contributed by atoms with E-state index in [1.807, 2.05) is 13.8 Å². The van der Waals surface area contributed by atoms with Gasteiger partial charge in [0.15, 0.2) is 0 Å². The number of nitrogens with zero attached hydrogens (tertiary/aromatic N) is 1. The third-order valence-electron chi connectivity index (χ3n) is 1.81. The van der Waals surface area contributed by atoms with E-state index in [0.29, 0.717) is 6.54 Å². The average Bonchev–Trinajstić information content (AvgIpc) is 1.81. The molecule has 0 unspecified atom stereocenters. The van der Waals surface area contributed by atoms with E-state index in [9.17, 15) is 8.78 Å². The van der Waals surface area contributed by atoms with Gasteiger partial charge in [0.2, 0.25) is 0 Å². The van der Waals surface area contributed by atoms with Crippen LogP contribution in [0, 0.1) is 0 Å². The van der Waals surface area contributed by atoms with Crippen LogP contribution in [0.25, 0.3) is 0 Å². The summed E-state index contributed by atoms with van der Waals surface area (Å²) in [5.74, 6) is 0. The molecule has 0 atom stereocenters. The quantitative estimate of drug-likeness (QED) is 0.697. The van der Waals surface area contributed by atoms with Crippen LogP contribution in [-0.2, 0) is 0 Å². The van der Waals surface area contributed by atoms with Crippen LogP contribution < -0.4 is 5.73 Å². The summed E-state index contributed by atoms with van der Waals surface area (Å²) >= 11 is 0. The van der Waals surface area contributed by atoms with Crippen molar-refractivity contribution in [2.45, 2.75) is 38.7 Å². The molecule has 0 aromatic rings. The number of rotatable bonds is 6. The fraction of sp³-hybridized carbons (Fsp3) is 1.00. The van der Waals surface area contributed by atoms with E-state index in [4.69, 9.17) is 5.73 Å². The maximum Gasteiger partial charge on any atom is 0.251 e. The van der Waals surface area contributed by atoms with E-state index < -0.39 is 6.43 Å². The monoisotopic (exact) mass is 194 g/mol. The molecule has 0 fully saturated rings. The maximum absolute atomic E-state index is 11.9. The van der Waals surface area contributed by atoms with Crippen LogP contribution in [0.15, 0.2) is 0 Å². The molecule has 0 heterocycles. The van der Waals surface area contributed by atoms with E-state index in [2.05, 4.69) is 0 Å². The van der Waals surface area contributed by atoms with Crippen LogP contribution >= 0.6 is 0 Å². The summed E-state index contributed by atoms with van der Waals surface area (Å²) in [6, 6.07) is 0. The SMILES string of the molecule is CN(CCCC(C)(C)N)CC(F)F. The Bertz CT molecular complexity index is 132. The van der Waals surface area contributed by atoms with Gasteiger partial charge in [0.05, 0.1) is 6.54 Å². The number of hydrogen-bond acceptors (Lipinski definition) is 2. The Morgan fingerprint density at radius 2 is 1.92 bits per heavy atom. The van der Waals surface area contributed by atoms with Crippen molar-refractivity contribution in [3.8, 4) is 0 Å². The molecule has 80 valence electrons. The fourth-order valence-electron chi connectivity index (χ4n) is 1.13. The first-order valence-corrected chi connectivity index (χ1v) is 4.57. The molecule has 0 saturated carbocycles. The summed E-state index contributed by atoms with van der Waals surface area (Å²) in [4.78, 5) is 1.64. The third-order valence-corrected chi connectivity index (χ3v) is 1.81. The highest BCUT2D eigenvalue weighted by Gasteiger charge is 2.11. The first-order valence-electron chi connectivity index (χ1n) is 4.57. The third kappa shape index (κ3) is 9.70. The van der Waals surface area contributed by atoms with Crippen molar-refractivity contribution < 1.29 is 8.78 Å². The lowest BCUT2D eigenvalue weighted by atomic mass is 10.0. The number of nitrogens with two attached hydrogens (primary N) is 1. The summed E-state index contributed by atoms with van der Waals surface area (Å²) in [7, 11) is 1.70. The van der Waals surface area contributed by atoms with E-state index in [1.54, 1.807) is 11.9 Å². The van der Waals surface area contributed by atoms with Gasteiger partial charge in [-0.15, -0.1) is 0 Å². The molecule has 0 spiro atoms. The molecule has 0 radical (unpaired) electrons. The predicted molar refractivity (Wildman–Crippen MR) is 51.0 cm³/mol. The van der Waals surface area contributed by atoms with Gasteiger partial charge in [-0.05, 0) is 40.3 Å². The van der Waals surface area contributed by atoms with Gasteiger partial charge in [0, 0.05) is 5.54 Å². The van der Waals surface area contributed by atoms with E-state index in [1.165, 1.54) is 0 Å². The second-order valence-corrected chi connectivity index (χ2v) is 4.25. The van der Waals surface area contributed by atoms with Gasteiger partial charge in [0.25, 0.3) is 6.43 Å². The minimum atomic E-state index is -2.24. The second-order valence-electron chi connectivity index (χ2n) is 4.25. The van der Waals surface area contributed by atoms with Crippen LogP contribution in [0.3, 0.4) is 0 Å². The lowest BCUT2D eigenvalue weighted by molar-refractivity contribution is 0.0990. The molecular formula is C9H20F2N2. The molecule has 0 saturated heterocycles. The number of hydrogen-bond donors (Lipinski definition) is 1. The molecule has 0 amide bonds. The van der Waals surface area contributed by atoms with Crippen molar-refractivity contribution in [3.63, 3.8) is 0 Å². The molecule has 0 bridgehead atoms. The van der Waals surface area contributed by atoms with Crippen molar-refractivity contribution in [2.24, 2.45) is 5.73 Å². The van der Waals surface area contributed by atoms with Gasteiger partial charge in [-0.1, -0.05) is 0 Å². The summed E-state index contributed by atoms with van der Waals surface area (Å²) in [5.41, 5.74) is 5.57. The first kappa shape index (κ1) is 12.8. The molecule has 2 N–H and O–H groups in total. The molecule has 0 aromatic heterocycles. The fourth-order valence-corrected chi connectivity index (χ4v) is 1.13. The Labute approximate surface area is 79.1 Å². The molecule has 4 heteroatoms. The molecule has 2 nitrogen and oxygen atoms in total. The van der Waals surface area contributed by atoms with Crippen LogP contribution in [0.2, 0.25) is 0 Å². The van der Waals surface area contributed by atoms with Crippen LogP contribution in [-0.4, -0.2) is 37.0 Å². The minimum Gasteiger partial charge on any atom is -0.326 e. The van der Waals surface area contributed by atoms with Gasteiger partial charge < -0.3 is 10.6 Å². The van der Waals surface area contributed by atoms with Crippen LogP contribution in [0.5, 0.6) is 0 Å². The summed E-state index contributed by atoms with van der Waals surface area (Å²) in [6.45, 7) is 4.43. The normalized spacial score (nSPS) is 12.9. The van der Waals surface area contributed by atoms with E-state index in [-0.39, 0.29) is 12.1 Å². The van der Waals surface area contributed by atoms with Crippen LogP contribution in [0.4, 0.5) is 8.78 Å². The van der Waals surface area contributed by atoms with Crippen molar-refractivity contribution >= 4 is 0 Å². The minimum absolute atomic E-state index is 0.148. The zero-order valence-corrected chi connectivity index (χ0v) is 8.69. The second kappa shape index (κ2) is 5.50. The lowest BCUT2D eigenvalue weighted by Gasteiger charge is -2.21. The Kier molecular flexibility index (Phi) is 5.40. The number of halogens is 2. The predicted octanol–water partition coefficient (Wildman–Crippen LogP) is 1.70. The van der Waals surface area contributed by atoms with Crippen LogP contribution in [0.1, 0.15) is 26.7 Å². The van der Waals surface area contributed by atoms with Crippen molar-refractivity contribution in [3.05, 3.63) is 0 Å². The standard InChI is InChI=1S/C9H20F2N2/c1-9(2,12)5-4-6-13(3)7-8(10)11/h8H,4-7,12H2,1-3H3. The van der Waals surface area contributed by atoms with E-state index in [0.717, 1.165) is 12.8 Å². The zero-order valence-electron chi connectivity index (χ0n) is 8.69. The molecule has 13 heavy (non-hydrogen) atoms. The summed E-state index contributed by atoms with van der Waals surface area (Å²) < 4.78 is 23.8. The van der Waals surface area contributed by atoms with E-state index >= 15 is 0 Å². The maximum atomic E-state index is 11.9. The Morgan fingerprint density at radius 3 is 2.31 bits per heavy atom. The highest BCUT2D eigenvalue weighted by atomic mass is 19.3. The number of alkyl halides is 2. The molecule has 0 aliphatic carbocycles. The molecule has 0 rings (SSSR count). The van der Waals surface area contributed by atoms with Gasteiger partial charge >= 0.3 is 0 Å². The van der Waals surface area contributed by atoms with Gasteiger partial charge in [-0.25, -0.2) is 8.78 Å². The average molecular weight is 194 g/mol. The Morgan fingerprint density at radius 1 is 1.38 bits per heavy atom. The largest absolute Gasteiger partial charge is 0.326 e. The van der Waals surface area contributed by atoms with Gasteiger partial charge in [0.1, 0.15) is 0 Å². The van der Waals surface area contributed by atoms with Crippen molar-refractivity contribution in [1.82, 2.24) is 4.90 Å². The zero-order chi connectivity index (χ0) is 10.5.